The van der Waals surface area contributed by atoms with Gasteiger partial charge in [0.25, 0.3) is 0 Å². The summed E-state index contributed by atoms with van der Waals surface area (Å²) in [6.07, 6.45) is 4.15. The first-order chi connectivity index (χ1) is 9.05. The van der Waals surface area contributed by atoms with E-state index in [-0.39, 0.29) is 10.9 Å². The maximum atomic E-state index is 12.2. The fraction of sp³-hybridized carbons (Fsp3) is 0.500. The molecule has 1 aromatic carbocycles. The van der Waals surface area contributed by atoms with Gasteiger partial charge in [0.1, 0.15) is 0 Å². The van der Waals surface area contributed by atoms with E-state index >= 15 is 0 Å². The quantitative estimate of drug-likeness (QED) is 0.868. The molecule has 0 aromatic heterocycles. The molecule has 1 saturated carbocycles. The van der Waals surface area contributed by atoms with Crippen molar-refractivity contribution >= 4 is 10.0 Å². The lowest BCUT2D eigenvalue weighted by Crippen LogP contribution is -2.34. The van der Waals surface area contributed by atoms with Crippen LogP contribution in [-0.2, 0) is 10.0 Å². The molecule has 19 heavy (non-hydrogen) atoms. The van der Waals surface area contributed by atoms with Crippen LogP contribution in [0.2, 0.25) is 0 Å². The molecule has 102 valence electrons. The van der Waals surface area contributed by atoms with E-state index in [1.54, 1.807) is 0 Å². The Balaban J connectivity index is 2.09. The van der Waals surface area contributed by atoms with Crippen LogP contribution in [0, 0.1) is 17.2 Å². The van der Waals surface area contributed by atoms with E-state index in [0.29, 0.717) is 11.5 Å². The molecule has 0 heterocycles. The Morgan fingerprint density at radius 3 is 2.47 bits per heavy atom. The van der Waals surface area contributed by atoms with Crippen molar-refractivity contribution in [2.24, 2.45) is 5.92 Å². The van der Waals surface area contributed by atoms with Gasteiger partial charge in [-0.25, -0.2) is 13.1 Å². The van der Waals surface area contributed by atoms with Gasteiger partial charge in [0.2, 0.25) is 10.0 Å². The molecule has 0 aliphatic heterocycles. The molecule has 0 spiro atoms. The minimum atomic E-state index is -3.47. The molecular formula is C14H18N2O2S. The van der Waals surface area contributed by atoms with E-state index in [4.69, 9.17) is 5.26 Å². The van der Waals surface area contributed by atoms with E-state index in [1.807, 2.05) is 13.0 Å². The predicted molar refractivity (Wildman–Crippen MR) is 72.9 cm³/mol. The molecule has 2 rings (SSSR count). The van der Waals surface area contributed by atoms with E-state index in [2.05, 4.69) is 4.72 Å². The Kier molecular flexibility index (Phi) is 4.23. The largest absolute Gasteiger partial charge is 0.240 e. The highest BCUT2D eigenvalue weighted by Gasteiger charge is 2.27. The third kappa shape index (κ3) is 3.79. The molecular weight excluding hydrogens is 260 g/mol. The number of benzene rings is 1. The molecule has 1 aliphatic carbocycles. The molecule has 0 amide bonds. The Labute approximate surface area is 114 Å². The van der Waals surface area contributed by atoms with Crippen molar-refractivity contribution in [1.29, 1.82) is 5.26 Å². The van der Waals surface area contributed by atoms with Crippen LogP contribution in [0.4, 0.5) is 0 Å². The summed E-state index contributed by atoms with van der Waals surface area (Å²) in [6.45, 7) is 1.99. The highest BCUT2D eigenvalue weighted by molar-refractivity contribution is 7.89. The number of nitrogens with zero attached hydrogens (tertiary/aromatic N) is 1. The smallest absolute Gasteiger partial charge is 0.208 e. The average Bonchev–Trinajstić information content (AvgIpc) is 3.21. The number of hydrogen-bond acceptors (Lipinski definition) is 3. The van der Waals surface area contributed by atoms with Gasteiger partial charge in [-0.3, -0.25) is 0 Å². The number of nitrogens with one attached hydrogen (secondary N) is 1. The molecule has 1 aromatic rings. The van der Waals surface area contributed by atoms with Crippen LogP contribution < -0.4 is 4.72 Å². The van der Waals surface area contributed by atoms with Crippen LogP contribution in [-0.4, -0.2) is 14.5 Å². The van der Waals surface area contributed by atoms with E-state index < -0.39 is 10.0 Å². The Bertz CT molecular complexity index is 568. The fourth-order valence-electron chi connectivity index (χ4n) is 2.05. The standard InChI is InChI=1S/C14H18N2O2S/c1-2-13(9-11-3-4-11)16-19(17,18)14-7-5-12(10-15)6-8-14/h5-8,11,13,16H,2-4,9H2,1H3. The molecule has 0 saturated heterocycles. The molecule has 4 nitrogen and oxygen atoms in total. The van der Waals surface area contributed by atoms with Gasteiger partial charge in [-0.15, -0.1) is 0 Å². The van der Waals surface area contributed by atoms with E-state index in [9.17, 15) is 8.42 Å². The zero-order valence-electron chi connectivity index (χ0n) is 11.0. The highest BCUT2D eigenvalue weighted by Crippen LogP contribution is 2.34. The normalized spacial score (nSPS) is 16.8. The molecule has 0 radical (unpaired) electrons. The summed E-state index contributed by atoms with van der Waals surface area (Å²) in [5.74, 6) is 0.689. The molecule has 1 unspecified atom stereocenters. The Morgan fingerprint density at radius 2 is 2.00 bits per heavy atom. The lowest BCUT2D eigenvalue weighted by atomic mass is 10.1. The monoisotopic (exact) mass is 278 g/mol. The predicted octanol–water partition coefficient (Wildman–Crippen LogP) is 2.42. The summed E-state index contributed by atoms with van der Waals surface area (Å²) >= 11 is 0. The summed E-state index contributed by atoms with van der Waals surface area (Å²) in [5.41, 5.74) is 0.462. The Morgan fingerprint density at radius 1 is 1.37 bits per heavy atom. The SMILES string of the molecule is CCC(CC1CC1)NS(=O)(=O)c1ccc(C#N)cc1. The first kappa shape index (κ1) is 14.0. The van der Waals surface area contributed by atoms with Gasteiger partial charge in [0.15, 0.2) is 0 Å². The summed E-state index contributed by atoms with van der Waals surface area (Å²) in [5, 5.41) is 8.71. The second-order valence-corrected chi connectivity index (χ2v) is 6.76. The van der Waals surface area contributed by atoms with Crippen molar-refractivity contribution in [3.05, 3.63) is 29.8 Å². The summed E-state index contributed by atoms with van der Waals surface area (Å²) in [6, 6.07) is 7.99. The number of nitriles is 1. The molecule has 0 bridgehead atoms. The number of hydrogen-bond donors (Lipinski definition) is 1. The molecule has 1 fully saturated rings. The molecule has 1 atom stereocenters. The van der Waals surface area contributed by atoms with Gasteiger partial charge in [-0.1, -0.05) is 19.8 Å². The van der Waals surface area contributed by atoms with Gasteiger partial charge in [-0.2, -0.15) is 5.26 Å². The van der Waals surface area contributed by atoms with Gasteiger partial charge in [0, 0.05) is 6.04 Å². The molecule has 5 heteroatoms. The van der Waals surface area contributed by atoms with Crippen molar-refractivity contribution in [3.8, 4) is 6.07 Å². The molecule has 1 aliphatic rings. The van der Waals surface area contributed by atoms with Crippen molar-refractivity contribution in [2.45, 2.75) is 43.5 Å². The van der Waals surface area contributed by atoms with Gasteiger partial charge < -0.3 is 0 Å². The number of sulfonamides is 1. The van der Waals surface area contributed by atoms with Crippen molar-refractivity contribution in [3.63, 3.8) is 0 Å². The third-order valence-corrected chi connectivity index (χ3v) is 4.96. The van der Waals surface area contributed by atoms with Crippen LogP contribution in [0.25, 0.3) is 0 Å². The lowest BCUT2D eigenvalue weighted by Gasteiger charge is -2.16. The van der Waals surface area contributed by atoms with Crippen molar-refractivity contribution in [2.75, 3.05) is 0 Å². The van der Waals surface area contributed by atoms with Crippen molar-refractivity contribution < 1.29 is 8.42 Å². The van der Waals surface area contributed by atoms with E-state index in [1.165, 1.54) is 37.1 Å². The van der Waals surface area contributed by atoms with Gasteiger partial charge in [-0.05, 0) is 43.0 Å². The van der Waals surface area contributed by atoms with E-state index in [0.717, 1.165) is 12.8 Å². The minimum Gasteiger partial charge on any atom is -0.208 e. The maximum Gasteiger partial charge on any atom is 0.240 e. The fourth-order valence-corrected chi connectivity index (χ4v) is 3.38. The number of rotatable bonds is 6. The lowest BCUT2D eigenvalue weighted by molar-refractivity contribution is 0.495. The summed E-state index contributed by atoms with van der Waals surface area (Å²) in [4.78, 5) is 0.223. The molecule has 1 N–H and O–H groups in total. The second-order valence-electron chi connectivity index (χ2n) is 5.04. The third-order valence-electron chi connectivity index (χ3n) is 3.42. The summed E-state index contributed by atoms with van der Waals surface area (Å²) in [7, 11) is -3.47. The van der Waals surface area contributed by atoms with Crippen molar-refractivity contribution in [1.82, 2.24) is 4.72 Å². The zero-order chi connectivity index (χ0) is 13.9. The minimum absolute atomic E-state index is 0.00754. The van der Waals surface area contributed by atoms with Gasteiger partial charge >= 0.3 is 0 Å². The van der Waals surface area contributed by atoms with Gasteiger partial charge in [0.05, 0.1) is 16.5 Å². The maximum absolute atomic E-state index is 12.2. The second kappa shape index (κ2) is 5.72. The van der Waals surface area contributed by atoms with Crippen LogP contribution in [0.15, 0.2) is 29.2 Å². The Hall–Kier alpha value is -1.38. The van der Waals surface area contributed by atoms with Crippen LogP contribution in [0.1, 0.15) is 38.2 Å². The van der Waals surface area contributed by atoms with Crippen LogP contribution in [0.3, 0.4) is 0 Å². The first-order valence-electron chi connectivity index (χ1n) is 6.57. The topological polar surface area (TPSA) is 70.0 Å². The average molecular weight is 278 g/mol. The summed E-state index contributed by atoms with van der Waals surface area (Å²) < 4.78 is 27.2. The highest BCUT2D eigenvalue weighted by atomic mass is 32.2. The first-order valence-corrected chi connectivity index (χ1v) is 8.06. The van der Waals surface area contributed by atoms with Crippen LogP contribution >= 0.6 is 0 Å². The zero-order valence-corrected chi connectivity index (χ0v) is 11.8. The van der Waals surface area contributed by atoms with Crippen LogP contribution in [0.5, 0.6) is 0 Å².